The molecule has 0 bridgehead atoms. The molecule has 1 amide bonds. The van der Waals surface area contributed by atoms with Crippen LogP contribution in [0.3, 0.4) is 0 Å². The Morgan fingerprint density at radius 3 is 2.52 bits per heavy atom. The molecular weight excluding hydrogens is 380 g/mol. The number of carbonyl (C=O) groups excluding carboxylic acids is 1. The van der Waals surface area contributed by atoms with Crippen LogP contribution < -0.4 is 9.64 Å². The summed E-state index contributed by atoms with van der Waals surface area (Å²) >= 11 is 1.50. The van der Waals surface area contributed by atoms with E-state index in [-0.39, 0.29) is 5.91 Å². The van der Waals surface area contributed by atoms with Crippen LogP contribution >= 0.6 is 11.3 Å². The third-order valence-corrected chi connectivity index (χ3v) is 5.66. The SMILES string of the molecule is CCOc1ccc2nc(N(Cc3ccccc3)C(=O)c3ccc(C)cc3)sc2c1. The van der Waals surface area contributed by atoms with E-state index in [4.69, 9.17) is 9.72 Å². The molecule has 4 rings (SSSR count). The Balaban J connectivity index is 1.73. The summed E-state index contributed by atoms with van der Waals surface area (Å²) < 4.78 is 6.61. The van der Waals surface area contributed by atoms with Gasteiger partial charge in [0, 0.05) is 5.56 Å². The molecule has 4 aromatic rings. The van der Waals surface area contributed by atoms with Crippen molar-refractivity contribution in [3.63, 3.8) is 0 Å². The molecule has 0 fully saturated rings. The Hall–Kier alpha value is -3.18. The molecule has 0 saturated carbocycles. The lowest BCUT2D eigenvalue weighted by Crippen LogP contribution is -2.30. The highest BCUT2D eigenvalue weighted by Gasteiger charge is 2.22. The molecule has 0 N–H and O–H groups in total. The topological polar surface area (TPSA) is 42.4 Å². The maximum absolute atomic E-state index is 13.4. The van der Waals surface area contributed by atoms with Gasteiger partial charge in [-0.2, -0.15) is 0 Å². The quantitative estimate of drug-likeness (QED) is 0.406. The lowest BCUT2D eigenvalue weighted by atomic mass is 10.1. The number of anilines is 1. The zero-order valence-electron chi connectivity index (χ0n) is 16.5. The fourth-order valence-corrected chi connectivity index (χ4v) is 4.10. The number of hydrogen-bond acceptors (Lipinski definition) is 4. The van der Waals surface area contributed by atoms with Crippen molar-refractivity contribution in [2.45, 2.75) is 20.4 Å². The number of fused-ring (bicyclic) bond motifs is 1. The molecule has 5 heteroatoms. The number of nitrogens with zero attached hydrogens (tertiary/aromatic N) is 2. The van der Waals surface area contributed by atoms with Crippen LogP contribution in [0.4, 0.5) is 5.13 Å². The van der Waals surface area contributed by atoms with E-state index < -0.39 is 0 Å². The lowest BCUT2D eigenvalue weighted by Gasteiger charge is -2.20. The van der Waals surface area contributed by atoms with Gasteiger partial charge in [0.05, 0.1) is 23.4 Å². The van der Waals surface area contributed by atoms with Gasteiger partial charge < -0.3 is 4.74 Å². The summed E-state index contributed by atoms with van der Waals surface area (Å²) in [5.74, 6) is 0.757. The van der Waals surface area contributed by atoms with Gasteiger partial charge in [-0.05, 0) is 49.7 Å². The predicted octanol–water partition coefficient (Wildman–Crippen LogP) is 5.85. The summed E-state index contributed by atoms with van der Waals surface area (Å²) in [6, 6.07) is 23.5. The van der Waals surface area contributed by atoms with Gasteiger partial charge in [-0.25, -0.2) is 4.98 Å². The van der Waals surface area contributed by atoms with Crippen molar-refractivity contribution >= 4 is 32.6 Å². The van der Waals surface area contributed by atoms with Crippen LogP contribution in [0.5, 0.6) is 5.75 Å². The van der Waals surface area contributed by atoms with Crippen LogP contribution in [-0.4, -0.2) is 17.5 Å². The van der Waals surface area contributed by atoms with Crippen molar-refractivity contribution in [1.29, 1.82) is 0 Å². The Bertz CT molecular complexity index is 1120. The largest absolute Gasteiger partial charge is 0.494 e. The monoisotopic (exact) mass is 402 g/mol. The number of ether oxygens (including phenoxy) is 1. The van der Waals surface area contributed by atoms with Crippen LogP contribution in [0.1, 0.15) is 28.4 Å². The number of aryl methyl sites for hydroxylation is 1. The number of rotatable bonds is 6. The van der Waals surface area contributed by atoms with Gasteiger partial charge >= 0.3 is 0 Å². The minimum atomic E-state index is -0.0575. The minimum Gasteiger partial charge on any atom is -0.494 e. The molecule has 146 valence electrons. The first-order chi connectivity index (χ1) is 14.1. The fraction of sp³-hybridized carbons (Fsp3) is 0.167. The van der Waals surface area contributed by atoms with Gasteiger partial charge in [-0.1, -0.05) is 59.4 Å². The first-order valence-electron chi connectivity index (χ1n) is 9.60. The Morgan fingerprint density at radius 2 is 1.79 bits per heavy atom. The van der Waals surface area contributed by atoms with Crippen molar-refractivity contribution < 1.29 is 9.53 Å². The highest BCUT2D eigenvalue weighted by Crippen LogP contribution is 2.33. The van der Waals surface area contributed by atoms with E-state index in [1.807, 2.05) is 86.6 Å². The van der Waals surface area contributed by atoms with E-state index >= 15 is 0 Å². The number of benzene rings is 3. The van der Waals surface area contributed by atoms with Crippen molar-refractivity contribution in [2.24, 2.45) is 0 Å². The van der Waals surface area contributed by atoms with E-state index in [9.17, 15) is 4.79 Å². The van der Waals surface area contributed by atoms with Crippen LogP contribution in [0.25, 0.3) is 10.2 Å². The molecule has 0 unspecified atom stereocenters. The molecule has 0 aliphatic carbocycles. The number of thiazole rings is 1. The standard InChI is InChI=1S/C24H22N2O2S/c1-3-28-20-13-14-21-22(15-20)29-24(25-21)26(16-18-7-5-4-6-8-18)23(27)19-11-9-17(2)10-12-19/h4-15H,3,16H2,1-2H3. The Kier molecular flexibility index (Phi) is 5.58. The summed E-state index contributed by atoms with van der Waals surface area (Å²) in [7, 11) is 0. The lowest BCUT2D eigenvalue weighted by molar-refractivity contribution is 0.0985. The first kappa shape index (κ1) is 19.2. The van der Waals surface area contributed by atoms with E-state index in [0.29, 0.717) is 23.8 Å². The van der Waals surface area contributed by atoms with Gasteiger partial charge in [0.25, 0.3) is 5.91 Å². The molecule has 3 aromatic carbocycles. The molecule has 4 nitrogen and oxygen atoms in total. The molecule has 1 heterocycles. The van der Waals surface area contributed by atoms with Crippen LogP contribution in [0.2, 0.25) is 0 Å². The first-order valence-corrected chi connectivity index (χ1v) is 10.4. The van der Waals surface area contributed by atoms with Gasteiger partial charge in [0.2, 0.25) is 0 Å². The molecule has 0 aliphatic rings. The van der Waals surface area contributed by atoms with E-state index in [1.54, 1.807) is 4.90 Å². The number of aromatic nitrogens is 1. The second-order valence-corrected chi connectivity index (χ2v) is 7.81. The van der Waals surface area contributed by atoms with E-state index in [2.05, 4.69) is 0 Å². The van der Waals surface area contributed by atoms with Gasteiger partial charge in [-0.3, -0.25) is 9.69 Å². The van der Waals surface area contributed by atoms with Gasteiger partial charge in [0.1, 0.15) is 5.75 Å². The third kappa shape index (κ3) is 4.30. The normalized spacial score (nSPS) is 10.8. The fourth-order valence-electron chi connectivity index (χ4n) is 3.11. The average Bonchev–Trinajstić information content (AvgIpc) is 3.16. The zero-order chi connectivity index (χ0) is 20.2. The Morgan fingerprint density at radius 1 is 1.03 bits per heavy atom. The maximum atomic E-state index is 13.4. The van der Waals surface area contributed by atoms with E-state index in [1.165, 1.54) is 11.3 Å². The molecule has 0 atom stereocenters. The molecule has 0 saturated heterocycles. The van der Waals surface area contributed by atoms with Crippen molar-refractivity contribution in [2.75, 3.05) is 11.5 Å². The minimum absolute atomic E-state index is 0.0575. The molecule has 0 radical (unpaired) electrons. The maximum Gasteiger partial charge on any atom is 0.260 e. The van der Waals surface area contributed by atoms with Crippen molar-refractivity contribution in [1.82, 2.24) is 4.98 Å². The molecule has 0 spiro atoms. The van der Waals surface area contributed by atoms with Crippen LogP contribution in [0.15, 0.2) is 72.8 Å². The average molecular weight is 403 g/mol. The van der Waals surface area contributed by atoms with Crippen LogP contribution in [-0.2, 0) is 6.54 Å². The summed E-state index contributed by atoms with van der Waals surface area (Å²) in [6.07, 6.45) is 0. The molecule has 0 aliphatic heterocycles. The number of amides is 1. The highest BCUT2D eigenvalue weighted by molar-refractivity contribution is 7.22. The number of hydrogen-bond donors (Lipinski definition) is 0. The van der Waals surface area contributed by atoms with Gasteiger partial charge in [-0.15, -0.1) is 0 Å². The molecular formula is C24H22N2O2S. The van der Waals surface area contributed by atoms with Gasteiger partial charge in [0.15, 0.2) is 5.13 Å². The third-order valence-electron chi connectivity index (χ3n) is 4.62. The summed E-state index contributed by atoms with van der Waals surface area (Å²) in [5.41, 5.74) is 3.70. The van der Waals surface area contributed by atoms with Crippen molar-refractivity contribution in [3.8, 4) is 5.75 Å². The molecule has 29 heavy (non-hydrogen) atoms. The number of carbonyl (C=O) groups is 1. The second kappa shape index (κ2) is 8.45. The predicted molar refractivity (Wildman–Crippen MR) is 119 cm³/mol. The van der Waals surface area contributed by atoms with E-state index in [0.717, 1.165) is 27.1 Å². The zero-order valence-corrected chi connectivity index (χ0v) is 17.3. The molecule has 1 aromatic heterocycles. The van der Waals surface area contributed by atoms with Crippen LogP contribution in [0, 0.1) is 6.92 Å². The Labute approximate surface area is 174 Å². The highest BCUT2D eigenvalue weighted by atomic mass is 32.1. The summed E-state index contributed by atoms with van der Waals surface area (Å²) in [4.78, 5) is 19.9. The second-order valence-electron chi connectivity index (χ2n) is 6.80. The smallest absolute Gasteiger partial charge is 0.260 e. The van der Waals surface area contributed by atoms with Crippen molar-refractivity contribution in [3.05, 3.63) is 89.5 Å². The summed E-state index contributed by atoms with van der Waals surface area (Å²) in [5, 5.41) is 0.683. The summed E-state index contributed by atoms with van der Waals surface area (Å²) in [6.45, 7) is 5.05.